The maximum absolute atomic E-state index is 11.5. The zero-order chi connectivity index (χ0) is 13.0. The van der Waals surface area contributed by atoms with Gasteiger partial charge >= 0.3 is 6.09 Å². The molecule has 0 N–H and O–H groups in total. The second kappa shape index (κ2) is 5.61. The van der Waals surface area contributed by atoms with Gasteiger partial charge in [0.15, 0.2) is 0 Å². The maximum atomic E-state index is 11.5. The van der Waals surface area contributed by atoms with Crippen molar-refractivity contribution in [3.63, 3.8) is 0 Å². The Morgan fingerprint density at radius 1 is 1.18 bits per heavy atom. The van der Waals surface area contributed by atoms with Crippen LogP contribution in [0.4, 0.5) is 4.79 Å². The van der Waals surface area contributed by atoms with E-state index in [0.29, 0.717) is 12.2 Å². The molecule has 0 aliphatic carbocycles. The van der Waals surface area contributed by atoms with E-state index < -0.39 is 0 Å². The zero-order valence-electron chi connectivity index (χ0n) is 11.1. The maximum Gasteiger partial charge on any atom is 0.409 e. The minimum absolute atomic E-state index is 0.170. The van der Waals surface area contributed by atoms with Crippen molar-refractivity contribution in [3.05, 3.63) is 22.8 Å². The summed E-state index contributed by atoms with van der Waals surface area (Å²) in [4.78, 5) is 21.7. The molecule has 94 valence electrons. The van der Waals surface area contributed by atoms with Crippen LogP contribution < -0.4 is 0 Å². The SMILES string of the molecule is CCN(C)C(=O)OCc1nc(C)c(C)nc1C. The van der Waals surface area contributed by atoms with E-state index in [1.807, 2.05) is 27.7 Å². The van der Waals surface area contributed by atoms with Crippen LogP contribution in [0.5, 0.6) is 0 Å². The third-order valence-corrected chi connectivity index (χ3v) is 2.70. The molecule has 1 amide bonds. The standard InChI is InChI=1S/C12H19N3O2/c1-6-15(5)12(16)17-7-11-10(4)13-8(2)9(3)14-11/h6-7H2,1-5H3. The van der Waals surface area contributed by atoms with E-state index in [1.54, 1.807) is 7.05 Å². The number of nitrogens with zero attached hydrogens (tertiary/aromatic N) is 3. The predicted octanol–water partition coefficient (Wildman–Crippen LogP) is 1.99. The first kappa shape index (κ1) is 13.4. The van der Waals surface area contributed by atoms with Crippen molar-refractivity contribution in [3.8, 4) is 0 Å². The molecule has 1 rings (SSSR count). The summed E-state index contributed by atoms with van der Waals surface area (Å²) in [5.41, 5.74) is 3.29. The molecule has 17 heavy (non-hydrogen) atoms. The number of aromatic nitrogens is 2. The average molecular weight is 237 g/mol. The molecule has 0 bridgehead atoms. The second-order valence-corrected chi connectivity index (χ2v) is 4.00. The molecule has 0 aromatic carbocycles. The molecule has 0 spiro atoms. The van der Waals surface area contributed by atoms with Crippen LogP contribution in [0.1, 0.15) is 29.7 Å². The topological polar surface area (TPSA) is 55.3 Å². The Bertz CT molecular complexity index is 418. The van der Waals surface area contributed by atoms with Crippen molar-refractivity contribution < 1.29 is 9.53 Å². The highest BCUT2D eigenvalue weighted by Gasteiger charge is 2.11. The molecule has 5 nitrogen and oxygen atoms in total. The Kier molecular flexibility index (Phi) is 4.43. The van der Waals surface area contributed by atoms with E-state index in [4.69, 9.17) is 4.74 Å². The average Bonchev–Trinajstić information content (AvgIpc) is 2.30. The smallest absolute Gasteiger partial charge is 0.409 e. The first-order chi connectivity index (χ1) is 7.95. The minimum atomic E-state index is -0.341. The summed E-state index contributed by atoms with van der Waals surface area (Å²) in [7, 11) is 1.70. The van der Waals surface area contributed by atoms with Crippen molar-refractivity contribution in [1.82, 2.24) is 14.9 Å². The lowest BCUT2D eigenvalue weighted by molar-refractivity contribution is 0.105. The van der Waals surface area contributed by atoms with Gasteiger partial charge in [-0.15, -0.1) is 0 Å². The Balaban J connectivity index is 2.70. The monoisotopic (exact) mass is 237 g/mol. The van der Waals surface area contributed by atoms with Crippen LogP contribution in [0.15, 0.2) is 0 Å². The number of ether oxygens (including phenoxy) is 1. The third kappa shape index (κ3) is 3.41. The fourth-order valence-corrected chi connectivity index (χ4v) is 1.27. The predicted molar refractivity (Wildman–Crippen MR) is 64.7 cm³/mol. The van der Waals surface area contributed by atoms with Gasteiger partial charge in [0.05, 0.1) is 22.8 Å². The van der Waals surface area contributed by atoms with E-state index in [0.717, 1.165) is 17.1 Å². The Labute approximate surface area is 102 Å². The van der Waals surface area contributed by atoms with Gasteiger partial charge in [0.25, 0.3) is 0 Å². The number of carbonyl (C=O) groups is 1. The summed E-state index contributed by atoms with van der Waals surface area (Å²) in [6, 6.07) is 0. The van der Waals surface area contributed by atoms with Gasteiger partial charge < -0.3 is 9.64 Å². The van der Waals surface area contributed by atoms with Crippen LogP contribution in [0.3, 0.4) is 0 Å². The summed E-state index contributed by atoms with van der Waals surface area (Å²) in [5, 5.41) is 0. The van der Waals surface area contributed by atoms with E-state index in [1.165, 1.54) is 4.90 Å². The fraction of sp³-hybridized carbons (Fsp3) is 0.583. The van der Waals surface area contributed by atoms with Crippen LogP contribution in [0.25, 0.3) is 0 Å². The van der Waals surface area contributed by atoms with Gasteiger partial charge in [-0.05, 0) is 27.7 Å². The summed E-state index contributed by atoms with van der Waals surface area (Å²) >= 11 is 0. The zero-order valence-corrected chi connectivity index (χ0v) is 11.1. The molecule has 0 saturated carbocycles. The van der Waals surface area contributed by atoms with Crippen molar-refractivity contribution in [2.45, 2.75) is 34.3 Å². The number of amides is 1. The highest BCUT2D eigenvalue weighted by atomic mass is 16.6. The van der Waals surface area contributed by atoms with Gasteiger partial charge in [-0.2, -0.15) is 0 Å². The van der Waals surface area contributed by atoms with E-state index in [2.05, 4.69) is 9.97 Å². The Morgan fingerprint density at radius 3 is 2.35 bits per heavy atom. The molecule has 0 aliphatic heterocycles. The number of hydrogen-bond donors (Lipinski definition) is 0. The molecule has 0 radical (unpaired) electrons. The molecule has 0 saturated heterocycles. The van der Waals surface area contributed by atoms with E-state index >= 15 is 0 Å². The summed E-state index contributed by atoms with van der Waals surface area (Å²) in [6.45, 7) is 8.36. The second-order valence-electron chi connectivity index (χ2n) is 4.00. The highest BCUT2D eigenvalue weighted by Crippen LogP contribution is 2.08. The molecule has 5 heteroatoms. The van der Waals surface area contributed by atoms with Gasteiger partial charge in [-0.25, -0.2) is 4.79 Å². The van der Waals surface area contributed by atoms with Crippen molar-refractivity contribution in [1.29, 1.82) is 0 Å². The number of hydrogen-bond acceptors (Lipinski definition) is 4. The first-order valence-electron chi connectivity index (χ1n) is 5.64. The molecule has 1 aromatic heterocycles. The molecule has 0 atom stereocenters. The Hall–Kier alpha value is -1.65. The van der Waals surface area contributed by atoms with Crippen molar-refractivity contribution in [2.24, 2.45) is 0 Å². The first-order valence-corrected chi connectivity index (χ1v) is 5.64. The number of carbonyl (C=O) groups excluding carboxylic acids is 1. The molecule has 1 aromatic rings. The lowest BCUT2D eigenvalue weighted by atomic mass is 10.3. The summed E-state index contributed by atoms with van der Waals surface area (Å²) < 4.78 is 5.14. The lowest BCUT2D eigenvalue weighted by Crippen LogP contribution is -2.27. The van der Waals surface area contributed by atoms with E-state index in [9.17, 15) is 4.79 Å². The van der Waals surface area contributed by atoms with Gasteiger partial charge in [-0.3, -0.25) is 9.97 Å². The fourth-order valence-electron chi connectivity index (χ4n) is 1.27. The van der Waals surface area contributed by atoms with Gasteiger partial charge in [-0.1, -0.05) is 0 Å². The van der Waals surface area contributed by atoms with Crippen LogP contribution in [-0.2, 0) is 11.3 Å². The van der Waals surface area contributed by atoms with E-state index in [-0.39, 0.29) is 12.7 Å². The van der Waals surface area contributed by atoms with Crippen LogP contribution in [-0.4, -0.2) is 34.6 Å². The highest BCUT2D eigenvalue weighted by molar-refractivity contribution is 5.67. The van der Waals surface area contributed by atoms with Gasteiger partial charge in [0, 0.05) is 13.6 Å². The summed E-state index contributed by atoms with van der Waals surface area (Å²) in [5.74, 6) is 0. The molecular formula is C12H19N3O2. The van der Waals surface area contributed by atoms with Crippen molar-refractivity contribution in [2.75, 3.05) is 13.6 Å². The molecule has 0 fully saturated rings. The van der Waals surface area contributed by atoms with Crippen LogP contribution in [0, 0.1) is 20.8 Å². The molecule has 0 unspecified atom stereocenters. The van der Waals surface area contributed by atoms with Crippen molar-refractivity contribution >= 4 is 6.09 Å². The number of aryl methyl sites for hydroxylation is 3. The lowest BCUT2D eigenvalue weighted by Gasteiger charge is -2.15. The van der Waals surface area contributed by atoms with Crippen LogP contribution >= 0.6 is 0 Å². The molecular weight excluding hydrogens is 218 g/mol. The quantitative estimate of drug-likeness (QED) is 0.806. The van der Waals surface area contributed by atoms with Gasteiger partial charge in [0.2, 0.25) is 0 Å². The largest absolute Gasteiger partial charge is 0.443 e. The van der Waals surface area contributed by atoms with Gasteiger partial charge in [0.1, 0.15) is 6.61 Å². The minimum Gasteiger partial charge on any atom is -0.443 e. The third-order valence-electron chi connectivity index (χ3n) is 2.70. The van der Waals surface area contributed by atoms with Crippen LogP contribution in [0.2, 0.25) is 0 Å². The summed E-state index contributed by atoms with van der Waals surface area (Å²) in [6.07, 6.45) is -0.341. The molecule has 0 aliphatic rings. The number of rotatable bonds is 3. The Morgan fingerprint density at radius 2 is 1.76 bits per heavy atom. The molecule has 1 heterocycles. The normalized spacial score (nSPS) is 10.2.